The van der Waals surface area contributed by atoms with E-state index < -0.39 is 0 Å². The quantitative estimate of drug-likeness (QED) is 0.705. The van der Waals surface area contributed by atoms with Crippen LogP contribution in [0.3, 0.4) is 0 Å². The highest BCUT2D eigenvalue weighted by Crippen LogP contribution is 2.42. The molecule has 0 unspecified atom stereocenters. The zero-order valence-electron chi connectivity index (χ0n) is 10.6. The Kier molecular flexibility index (Phi) is 4.66. The summed E-state index contributed by atoms with van der Waals surface area (Å²) in [6.45, 7) is 2.10. The van der Waals surface area contributed by atoms with Crippen molar-refractivity contribution in [1.82, 2.24) is 5.32 Å². The van der Waals surface area contributed by atoms with Gasteiger partial charge in [0.1, 0.15) is 0 Å². The number of hydrogen-bond acceptors (Lipinski definition) is 2. The Morgan fingerprint density at radius 1 is 1.00 bits per heavy atom. The molecule has 0 heterocycles. The van der Waals surface area contributed by atoms with E-state index in [1.165, 1.54) is 70.8 Å². The molecule has 2 saturated carbocycles. The van der Waals surface area contributed by atoms with Gasteiger partial charge in [0.05, 0.1) is 0 Å². The van der Waals surface area contributed by atoms with E-state index in [0.717, 1.165) is 12.6 Å². The van der Waals surface area contributed by atoms with Gasteiger partial charge in [0, 0.05) is 6.04 Å². The number of rotatable bonds is 5. The first-order valence-electron chi connectivity index (χ1n) is 7.28. The molecule has 2 aliphatic carbocycles. The van der Waals surface area contributed by atoms with Crippen molar-refractivity contribution in [2.45, 2.75) is 70.3 Å². The van der Waals surface area contributed by atoms with Crippen LogP contribution in [0, 0.1) is 5.41 Å². The van der Waals surface area contributed by atoms with E-state index >= 15 is 0 Å². The van der Waals surface area contributed by atoms with Crippen molar-refractivity contribution in [3.05, 3.63) is 0 Å². The molecule has 0 radical (unpaired) electrons. The first-order valence-corrected chi connectivity index (χ1v) is 7.28. The summed E-state index contributed by atoms with van der Waals surface area (Å²) in [6.07, 6.45) is 14.0. The summed E-state index contributed by atoms with van der Waals surface area (Å²) in [6, 6.07) is 0.803. The second kappa shape index (κ2) is 6.02. The predicted octanol–water partition coefficient (Wildman–Crippen LogP) is 2.82. The molecule has 2 nitrogen and oxygen atoms in total. The third-order valence-electron chi connectivity index (χ3n) is 4.79. The van der Waals surface area contributed by atoms with Gasteiger partial charge < -0.3 is 11.1 Å². The number of hydrogen-bond donors (Lipinski definition) is 2. The molecule has 0 aliphatic heterocycles. The zero-order chi connectivity index (χ0) is 11.3. The monoisotopic (exact) mass is 224 g/mol. The van der Waals surface area contributed by atoms with E-state index in [0.29, 0.717) is 5.41 Å². The standard InChI is InChI=1S/C14H28N2/c15-12-14(8-5-9-14)10-11-16-13-6-3-1-2-4-7-13/h13,16H,1-12,15H2. The first-order chi connectivity index (χ1) is 7.85. The normalized spacial score (nSPS) is 26.1. The van der Waals surface area contributed by atoms with Crippen molar-refractivity contribution in [3.8, 4) is 0 Å². The molecule has 2 heteroatoms. The Balaban J connectivity index is 1.62. The lowest BCUT2D eigenvalue weighted by Crippen LogP contribution is -2.41. The van der Waals surface area contributed by atoms with Crippen molar-refractivity contribution in [1.29, 1.82) is 0 Å². The van der Waals surface area contributed by atoms with Gasteiger partial charge in [-0.15, -0.1) is 0 Å². The Bertz CT molecular complexity index is 185. The van der Waals surface area contributed by atoms with Gasteiger partial charge in [-0.3, -0.25) is 0 Å². The van der Waals surface area contributed by atoms with E-state index in [2.05, 4.69) is 5.32 Å². The minimum atomic E-state index is 0.526. The molecule has 16 heavy (non-hydrogen) atoms. The molecule has 0 saturated heterocycles. The molecule has 3 N–H and O–H groups in total. The summed E-state index contributed by atoms with van der Waals surface area (Å²) in [5, 5.41) is 3.76. The second-order valence-corrected chi connectivity index (χ2v) is 5.95. The Morgan fingerprint density at radius 2 is 1.69 bits per heavy atom. The molecule has 2 fully saturated rings. The van der Waals surface area contributed by atoms with Crippen molar-refractivity contribution >= 4 is 0 Å². The Labute approximate surface area is 100 Å². The molecule has 2 rings (SSSR count). The molecular weight excluding hydrogens is 196 g/mol. The van der Waals surface area contributed by atoms with E-state index in [9.17, 15) is 0 Å². The number of nitrogens with two attached hydrogens (primary N) is 1. The minimum Gasteiger partial charge on any atom is -0.330 e. The fourth-order valence-electron chi connectivity index (χ4n) is 3.26. The largest absolute Gasteiger partial charge is 0.330 e. The van der Waals surface area contributed by atoms with Crippen LogP contribution < -0.4 is 11.1 Å². The average Bonchev–Trinajstić information content (AvgIpc) is 2.50. The zero-order valence-corrected chi connectivity index (χ0v) is 10.6. The first kappa shape index (κ1) is 12.4. The van der Waals surface area contributed by atoms with Gasteiger partial charge in [-0.1, -0.05) is 32.1 Å². The molecule has 0 aromatic carbocycles. The lowest BCUT2D eigenvalue weighted by molar-refractivity contribution is 0.128. The van der Waals surface area contributed by atoms with E-state index in [4.69, 9.17) is 5.73 Å². The van der Waals surface area contributed by atoms with Gasteiger partial charge in [0.25, 0.3) is 0 Å². The SMILES string of the molecule is NCC1(CCNC2CCCCCC2)CCC1. The summed E-state index contributed by atoms with van der Waals surface area (Å²) < 4.78 is 0. The minimum absolute atomic E-state index is 0.526. The summed E-state index contributed by atoms with van der Waals surface area (Å²) in [4.78, 5) is 0. The third-order valence-corrected chi connectivity index (χ3v) is 4.79. The van der Waals surface area contributed by atoms with Crippen LogP contribution in [-0.2, 0) is 0 Å². The molecule has 0 atom stereocenters. The highest BCUT2D eigenvalue weighted by molar-refractivity contribution is 4.89. The van der Waals surface area contributed by atoms with Crippen LogP contribution in [0.25, 0.3) is 0 Å². The molecular formula is C14H28N2. The van der Waals surface area contributed by atoms with Gasteiger partial charge in [0.15, 0.2) is 0 Å². The molecule has 0 aromatic heterocycles. The lowest BCUT2D eigenvalue weighted by Gasteiger charge is -2.41. The van der Waals surface area contributed by atoms with Gasteiger partial charge in [-0.2, -0.15) is 0 Å². The molecule has 2 aliphatic rings. The lowest BCUT2D eigenvalue weighted by atomic mass is 9.67. The molecule has 0 amide bonds. The maximum atomic E-state index is 5.89. The summed E-state index contributed by atoms with van der Waals surface area (Å²) in [5.74, 6) is 0. The van der Waals surface area contributed by atoms with Gasteiger partial charge in [-0.25, -0.2) is 0 Å². The fourth-order valence-corrected chi connectivity index (χ4v) is 3.26. The van der Waals surface area contributed by atoms with Crippen molar-refractivity contribution in [3.63, 3.8) is 0 Å². The van der Waals surface area contributed by atoms with E-state index in [-0.39, 0.29) is 0 Å². The van der Waals surface area contributed by atoms with Crippen LogP contribution in [0.4, 0.5) is 0 Å². The van der Waals surface area contributed by atoms with Crippen molar-refractivity contribution in [2.24, 2.45) is 11.1 Å². The predicted molar refractivity (Wildman–Crippen MR) is 69.4 cm³/mol. The van der Waals surface area contributed by atoms with Crippen LogP contribution >= 0.6 is 0 Å². The van der Waals surface area contributed by atoms with Gasteiger partial charge in [0.2, 0.25) is 0 Å². The maximum absolute atomic E-state index is 5.89. The van der Waals surface area contributed by atoms with Crippen LogP contribution in [0.1, 0.15) is 64.2 Å². The molecule has 0 aromatic rings. The topological polar surface area (TPSA) is 38.0 Å². The smallest absolute Gasteiger partial charge is 0.00670 e. The molecule has 0 spiro atoms. The molecule has 0 bridgehead atoms. The number of nitrogens with one attached hydrogen (secondary N) is 1. The van der Waals surface area contributed by atoms with Crippen molar-refractivity contribution < 1.29 is 0 Å². The van der Waals surface area contributed by atoms with Crippen LogP contribution in [0.15, 0.2) is 0 Å². The summed E-state index contributed by atoms with van der Waals surface area (Å²) >= 11 is 0. The van der Waals surface area contributed by atoms with Crippen LogP contribution in [0.2, 0.25) is 0 Å². The Morgan fingerprint density at radius 3 is 2.19 bits per heavy atom. The second-order valence-electron chi connectivity index (χ2n) is 5.95. The van der Waals surface area contributed by atoms with E-state index in [1.54, 1.807) is 0 Å². The van der Waals surface area contributed by atoms with E-state index in [1.807, 2.05) is 0 Å². The maximum Gasteiger partial charge on any atom is 0.00670 e. The highest BCUT2D eigenvalue weighted by Gasteiger charge is 2.34. The van der Waals surface area contributed by atoms with Crippen molar-refractivity contribution in [2.75, 3.05) is 13.1 Å². The van der Waals surface area contributed by atoms with Crippen LogP contribution in [-0.4, -0.2) is 19.1 Å². The third kappa shape index (κ3) is 3.21. The van der Waals surface area contributed by atoms with Crippen LogP contribution in [0.5, 0.6) is 0 Å². The highest BCUT2D eigenvalue weighted by atomic mass is 14.9. The fraction of sp³-hybridized carbons (Fsp3) is 1.00. The van der Waals surface area contributed by atoms with Gasteiger partial charge in [-0.05, 0) is 50.6 Å². The average molecular weight is 224 g/mol. The summed E-state index contributed by atoms with van der Waals surface area (Å²) in [5.41, 5.74) is 6.41. The Hall–Kier alpha value is -0.0800. The van der Waals surface area contributed by atoms with Gasteiger partial charge >= 0.3 is 0 Å². The summed E-state index contributed by atoms with van der Waals surface area (Å²) in [7, 11) is 0. The molecule has 94 valence electrons.